The minimum atomic E-state index is -0.205. The summed E-state index contributed by atoms with van der Waals surface area (Å²) in [6.07, 6.45) is 0. The molecule has 0 spiro atoms. The molecule has 0 aliphatic heterocycles. The number of benzene rings is 16. The second-order valence-electron chi connectivity index (χ2n) is 28.2. The average Bonchev–Trinajstić information content (AvgIpc) is 1.56. The molecule has 0 fully saturated rings. The van der Waals surface area contributed by atoms with Gasteiger partial charge in [0.1, 0.15) is 11.2 Å². The number of anilines is 6. The number of para-hydroxylation sites is 2. The van der Waals surface area contributed by atoms with Crippen molar-refractivity contribution in [3.05, 3.63) is 374 Å². The lowest BCUT2D eigenvalue weighted by molar-refractivity contribution is 0.659. The zero-order valence-corrected chi connectivity index (χ0v) is 57.2. The Morgan fingerprint density at radius 2 is 0.588 bits per heavy atom. The van der Waals surface area contributed by atoms with Crippen molar-refractivity contribution in [2.75, 3.05) is 9.80 Å². The standard InChI is InChI=1S/2C49H35NO/c1-49(2)42-24-12-11-21-38(42)39-22-13-25-43(46(39)49)50(36-29-27-33(28-30-36)32-15-5-3-6-16-32)44-26-14-23-40-45-37-20-10-9-19-35(37)31-41(48(45)51-47(40)44)34-17-7-4-8-18-34;1-49(2)43-22-12-11-20-39(43)42-31-37(28-29-44(42)49)50(36-26-24-33(25-27-36)32-14-5-3-6-15-32)45-23-13-21-40-46-38-19-10-9-18-35(38)30-41(48(46)51-47(40)45)34-16-7-4-8-17-34/h2*3-31H,1-2H3. The van der Waals surface area contributed by atoms with E-state index in [9.17, 15) is 0 Å². The predicted octanol–water partition coefficient (Wildman–Crippen LogP) is 27.7. The molecule has 0 unspecified atom stereocenters. The van der Waals surface area contributed by atoms with Gasteiger partial charge < -0.3 is 18.6 Å². The molecule has 0 bridgehead atoms. The van der Waals surface area contributed by atoms with E-state index in [-0.39, 0.29) is 10.8 Å². The van der Waals surface area contributed by atoms with Crippen molar-refractivity contribution in [1.29, 1.82) is 0 Å². The fourth-order valence-electron chi connectivity index (χ4n) is 16.8. The first-order valence-corrected chi connectivity index (χ1v) is 35.4. The van der Waals surface area contributed by atoms with Gasteiger partial charge in [0.15, 0.2) is 11.2 Å². The van der Waals surface area contributed by atoms with Gasteiger partial charge in [-0.3, -0.25) is 0 Å². The molecule has 4 nitrogen and oxygen atoms in total. The Hall–Kier alpha value is -12.8. The first kappa shape index (κ1) is 60.4. The molecule has 0 atom stereocenters. The van der Waals surface area contributed by atoms with Gasteiger partial charge in [0.05, 0.1) is 17.1 Å². The predicted molar refractivity (Wildman–Crippen MR) is 429 cm³/mol. The van der Waals surface area contributed by atoms with Gasteiger partial charge in [-0.2, -0.15) is 0 Å². The molecule has 16 aromatic carbocycles. The molecule has 18 aromatic rings. The summed E-state index contributed by atoms with van der Waals surface area (Å²) < 4.78 is 14.3. The highest BCUT2D eigenvalue weighted by molar-refractivity contribution is 6.26. The second kappa shape index (κ2) is 24.0. The molecule has 102 heavy (non-hydrogen) atoms. The van der Waals surface area contributed by atoms with Crippen LogP contribution in [0.4, 0.5) is 34.1 Å². The molecule has 0 saturated carbocycles. The Balaban J connectivity index is 0.000000141. The Morgan fingerprint density at radius 3 is 1.11 bits per heavy atom. The number of fused-ring (bicyclic) bond motifs is 16. The smallest absolute Gasteiger partial charge is 0.159 e. The highest BCUT2D eigenvalue weighted by Gasteiger charge is 2.40. The van der Waals surface area contributed by atoms with Gasteiger partial charge in [-0.05, 0) is 166 Å². The van der Waals surface area contributed by atoms with Crippen LogP contribution in [0.25, 0.3) is 132 Å². The summed E-state index contributed by atoms with van der Waals surface area (Å²) >= 11 is 0. The zero-order chi connectivity index (χ0) is 68.2. The molecule has 0 saturated heterocycles. The van der Waals surface area contributed by atoms with E-state index in [1.807, 2.05) is 0 Å². The lowest BCUT2D eigenvalue weighted by Gasteiger charge is -2.32. The summed E-state index contributed by atoms with van der Waals surface area (Å²) in [5, 5.41) is 9.29. The van der Waals surface area contributed by atoms with E-state index in [1.54, 1.807) is 0 Å². The van der Waals surface area contributed by atoms with Gasteiger partial charge in [0, 0.05) is 60.6 Å². The van der Waals surface area contributed by atoms with Crippen LogP contribution >= 0.6 is 0 Å². The van der Waals surface area contributed by atoms with Crippen LogP contribution in [0.15, 0.2) is 361 Å². The maximum Gasteiger partial charge on any atom is 0.159 e. The van der Waals surface area contributed by atoms with E-state index < -0.39 is 0 Å². The molecule has 484 valence electrons. The lowest BCUT2D eigenvalue weighted by Crippen LogP contribution is -2.20. The Morgan fingerprint density at radius 1 is 0.225 bits per heavy atom. The maximum absolute atomic E-state index is 7.19. The van der Waals surface area contributed by atoms with Crippen molar-refractivity contribution in [3.8, 4) is 66.8 Å². The maximum atomic E-state index is 7.19. The highest BCUT2D eigenvalue weighted by Crippen LogP contribution is 2.57. The van der Waals surface area contributed by atoms with E-state index in [2.05, 4.69) is 389 Å². The van der Waals surface area contributed by atoms with Gasteiger partial charge in [-0.25, -0.2) is 0 Å². The Bertz CT molecular complexity index is 6280. The Labute approximate surface area is 593 Å². The fourth-order valence-corrected chi connectivity index (χ4v) is 16.8. The van der Waals surface area contributed by atoms with Gasteiger partial charge in [-0.1, -0.05) is 313 Å². The second-order valence-corrected chi connectivity index (χ2v) is 28.2. The molecular formula is C98H70N2O2. The summed E-state index contributed by atoms with van der Waals surface area (Å²) in [5.74, 6) is 0. The molecular weight excluding hydrogens is 1240 g/mol. The molecule has 0 radical (unpaired) electrons. The topological polar surface area (TPSA) is 32.8 Å². The van der Waals surface area contributed by atoms with Crippen molar-refractivity contribution in [1.82, 2.24) is 0 Å². The van der Waals surface area contributed by atoms with Crippen LogP contribution in [0.1, 0.15) is 49.9 Å². The lowest BCUT2D eigenvalue weighted by atomic mass is 9.81. The largest absolute Gasteiger partial charge is 0.453 e. The minimum absolute atomic E-state index is 0.0692. The van der Waals surface area contributed by atoms with E-state index in [4.69, 9.17) is 8.83 Å². The summed E-state index contributed by atoms with van der Waals surface area (Å²) in [7, 11) is 0. The molecule has 2 aliphatic carbocycles. The Kier molecular flexibility index (Phi) is 14.2. The van der Waals surface area contributed by atoms with Crippen LogP contribution in [-0.4, -0.2) is 0 Å². The summed E-state index contributed by atoms with van der Waals surface area (Å²) in [6, 6.07) is 127. The number of hydrogen-bond acceptors (Lipinski definition) is 4. The van der Waals surface area contributed by atoms with Crippen LogP contribution in [0, 0.1) is 0 Å². The zero-order valence-electron chi connectivity index (χ0n) is 57.2. The molecule has 20 rings (SSSR count). The number of nitrogens with zero attached hydrogens (tertiary/aromatic N) is 2. The number of furan rings is 2. The van der Waals surface area contributed by atoms with E-state index in [1.165, 1.54) is 88.3 Å². The first-order valence-electron chi connectivity index (χ1n) is 35.4. The summed E-state index contributed by atoms with van der Waals surface area (Å²) in [4.78, 5) is 4.80. The van der Waals surface area contributed by atoms with Crippen LogP contribution in [0.3, 0.4) is 0 Å². The summed E-state index contributed by atoms with van der Waals surface area (Å²) in [6.45, 7) is 9.39. The van der Waals surface area contributed by atoms with Crippen LogP contribution in [-0.2, 0) is 10.8 Å². The van der Waals surface area contributed by atoms with Gasteiger partial charge >= 0.3 is 0 Å². The third-order valence-electron chi connectivity index (χ3n) is 21.7. The highest BCUT2D eigenvalue weighted by atomic mass is 16.3. The fraction of sp³-hybridized carbons (Fsp3) is 0.0612. The molecule has 2 aliphatic rings. The first-order chi connectivity index (χ1) is 50.1. The van der Waals surface area contributed by atoms with Crippen LogP contribution in [0.2, 0.25) is 0 Å². The van der Waals surface area contributed by atoms with Crippen molar-refractivity contribution < 1.29 is 8.83 Å². The monoisotopic (exact) mass is 1310 g/mol. The van der Waals surface area contributed by atoms with Crippen LogP contribution < -0.4 is 9.80 Å². The minimum Gasteiger partial charge on any atom is -0.453 e. The van der Waals surface area contributed by atoms with E-state index in [0.29, 0.717) is 0 Å². The number of rotatable bonds is 10. The molecule has 0 N–H and O–H groups in total. The molecule has 0 amide bonds. The van der Waals surface area contributed by atoms with E-state index in [0.717, 1.165) is 100 Å². The van der Waals surface area contributed by atoms with E-state index >= 15 is 0 Å². The van der Waals surface area contributed by atoms with Crippen molar-refractivity contribution in [2.45, 2.75) is 38.5 Å². The third kappa shape index (κ3) is 9.73. The van der Waals surface area contributed by atoms with Crippen molar-refractivity contribution in [2.24, 2.45) is 0 Å². The summed E-state index contributed by atoms with van der Waals surface area (Å²) in [5.41, 5.74) is 29.5. The van der Waals surface area contributed by atoms with Gasteiger partial charge in [0.2, 0.25) is 0 Å². The number of hydrogen-bond donors (Lipinski definition) is 0. The van der Waals surface area contributed by atoms with Gasteiger partial charge in [0.25, 0.3) is 0 Å². The normalized spacial score (nSPS) is 13.1. The third-order valence-corrected chi connectivity index (χ3v) is 21.7. The molecule has 2 heterocycles. The molecule has 2 aromatic heterocycles. The SMILES string of the molecule is CC1(C)c2ccccc2-c2cc(N(c3ccc(-c4ccccc4)cc3)c3cccc4c3oc3c(-c5ccccc5)cc5ccccc5c34)ccc21.CC1(C)c2ccccc2-c2cccc(N(c3ccc(-c4ccccc4)cc3)c3cccc4c3oc3c(-c5ccccc5)cc5ccccc5c34)c21. The van der Waals surface area contributed by atoms with Crippen molar-refractivity contribution in [3.63, 3.8) is 0 Å². The quantitative estimate of drug-likeness (QED) is 0.137. The van der Waals surface area contributed by atoms with Crippen LogP contribution in [0.5, 0.6) is 0 Å². The van der Waals surface area contributed by atoms with Crippen molar-refractivity contribution >= 4 is 99.5 Å². The molecule has 4 heteroatoms. The average molecular weight is 1310 g/mol. The van der Waals surface area contributed by atoms with Gasteiger partial charge in [-0.15, -0.1) is 0 Å².